The van der Waals surface area contributed by atoms with Crippen LogP contribution in [0.5, 0.6) is 0 Å². The van der Waals surface area contributed by atoms with Gasteiger partial charge >= 0.3 is 0 Å². The van der Waals surface area contributed by atoms with E-state index in [1.807, 2.05) is 31.2 Å². The van der Waals surface area contributed by atoms with Crippen molar-refractivity contribution in [2.24, 2.45) is 0 Å². The van der Waals surface area contributed by atoms with Crippen LogP contribution >= 0.6 is 0 Å². The third-order valence-electron chi connectivity index (χ3n) is 3.71. The molecule has 23 heavy (non-hydrogen) atoms. The minimum absolute atomic E-state index is 0.0241. The van der Waals surface area contributed by atoms with Crippen molar-refractivity contribution in [1.82, 2.24) is 14.5 Å². The molecule has 0 aliphatic rings. The molecule has 1 N–H and O–H groups in total. The lowest BCUT2D eigenvalue weighted by atomic mass is 10.3. The highest BCUT2D eigenvalue weighted by Crippen LogP contribution is 2.23. The summed E-state index contributed by atoms with van der Waals surface area (Å²) in [7, 11) is 0. The summed E-state index contributed by atoms with van der Waals surface area (Å²) in [5, 5.41) is 13.9. The van der Waals surface area contributed by atoms with Crippen molar-refractivity contribution < 1.29 is 4.92 Å². The van der Waals surface area contributed by atoms with Gasteiger partial charge in [0.2, 0.25) is 0 Å². The molecule has 0 saturated heterocycles. The van der Waals surface area contributed by atoms with Crippen molar-refractivity contribution in [3.05, 3.63) is 58.5 Å². The van der Waals surface area contributed by atoms with Gasteiger partial charge in [-0.15, -0.1) is 0 Å². The predicted molar refractivity (Wildman–Crippen MR) is 88.3 cm³/mol. The summed E-state index contributed by atoms with van der Waals surface area (Å²) in [4.78, 5) is 19.0. The van der Waals surface area contributed by atoms with Crippen LogP contribution < -0.4 is 5.32 Å². The van der Waals surface area contributed by atoms with Crippen molar-refractivity contribution >= 4 is 22.5 Å². The Labute approximate surface area is 133 Å². The molecular weight excluding hydrogens is 294 g/mol. The number of hydrogen-bond donors (Lipinski definition) is 1. The highest BCUT2D eigenvalue weighted by atomic mass is 16.6. The standard InChI is InChI=1S/C16H17N5O2/c1-3-20-14-7-5-4-6-13(14)19-16(20)11(2)18-15-9-8-12(10-17-15)21(22)23/h4-11H,3H2,1-2H3,(H,17,18). The van der Waals surface area contributed by atoms with Crippen molar-refractivity contribution in [3.8, 4) is 0 Å². The first kappa shape index (κ1) is 15.0. The first-order valence-corrected chi connectivity index (χ1v) is 7.42. The van der Waals surface area contributed by atoms with Crippen LogP contribution in [-0.2, 0) is 6.54 Å². The second-order valence-electron chi connectivity index (χ2n) is 5.23. The minimum atomic E-state index is -0.462. The number of aromatic nitrogens is 3. The molecule has 0 fully saturated rings. The van der Waals surface area contributed by atoms with Gasteiger partial charge in [0, 0.05) is 12.6 Å². The number of para-hydroxylation sites is 2. The van der Waals surface area contributed by atoms with Gasteiger partial charge in [-0.1, -0.05) is 12.1 Å². The quantitative estimate of drug-likeness (QED) is 0.575. The number of nitrogens with zero attached hydrogens (tertiary/aromatic N) is 4. The molecule has 1 atom stereocenters. The molecule has 0 bridgehead atoms. The van der Waals surface area contributed by atoms with Crippen LogP contribution in [0.2, 0.25) is 0 Å². The van der Waals surface area contributed by atoms with Gasteiger partial charge in [-0.2, -0.15) is 0 Å². The Bertz CT molecular complexity index is 841. The van der Waals surface area contributed by atoms with Crippen molar-refractivity contribution in [2.45, 2.75) is 26.4 Å². The lowest BCUT2D eigenvalue weighted by molar-refractivity contribution is -0.385. The van der Waals surface area contributed by atoms with E-state index >= 15 is 0 Å². The molecule has 7 heteroatoms. The van der Waals surface area contributed by atoms with Gasteiger partial charge in [-0.05, 0) is 32.0 Å². The maximum atomic E-state index is 10.7. The number of pyridine rings is 1. The smallest absolute Gasteiger partial charge is 0.287 e. The lowest BCUT2D eigenvalue weighted by Gasteiger charge is -2.15. The molecule has 3 rings (SSSR count). The zero-order valence-electron chi connectivity index (χ0n) is 12.9. The number of rotatable bonds is 5. The molecule has 118 valence electrons. The number of benzene rings is 1. The molecule has 0 saturated carbocycles. The van der Waals surface area contributed by atoms with Crippen molar-refractivity contribution in [1.29, 1.82) is 0 Å². The van der Waals surface area contributed by atoms with Crippen LogP contribution in [-0.4, -0.2) is 19.5 Å². The number of hydrogen-bond acceptors (Lipinski definition) is 5. The predicted octanol–water partition coefficient (Wildman–Crippen LogP) is 3.53. The van der Waals surface area contributed by atoms with Gasteiger partial charge in [0.15, 0.2) is 0 Å². The molecule has 3 aromatic rings. The van der Waals surface area contributed by atoms with Crippen LogP contribution in [0.1, 0.15) is 25.7 Å². The summed E-state index contributed by atoms with van der Waals surface area (Å²) in [5.41, 5.74) is 2.02. The fourth-order valence-electron chi connectivity index (χ4n) is 2.62. The average molecular weight is 311 g/mol. The monoisotopic (exact) mass is 311 g/mol. The highest BCUT2D eigenvalue weighted by molar-refractivity contribution is 5.76. The Morgan fingerprint density at radius 1 is 1.30 bits per heavy atom. The van der Waals surface area contributed by atoms with Crippen molar-refractivity contribution in [2.75, 3.05) is 5.32 Å². The van der Waals surface area contributed by atoms with Crippen molar-refractivity contribution in [3.63, 3.8) is 0 Å². The van der Waals surface area contributed by atoms with E-state index < -0.39 is 4.92 Å². The fraction of sp³-hybridized carbons (Fsp3) is 0.250. The highest BCUT2D eigenvalue weighted by Gasteiger charge is 2.16. The minimum Gasteiger partial charge on any atom is -0.360 e. The summed E-state index contributed by atoms with van der Waals surface area (Å²) in [6.07, 6.45) is 1.25. The van der Waals surface area contributed by atoms with Gasteiger partial charge in [-0.25, -0.2) is 9.97 Å². The van der Waals surface area contributed by atoms with Gasteiger partial charge in [0.05, 0.1) is 22.0 Å². The topological polar surface area (TPSA) is 85.9 Å². The molecule has 1 aromatic carbocycles. The summed E-state index contributed by atoms with van der Waals surface area (Å²) in [6.45, 7) is 4.89. The van der Waals surface area contributed by atoms with Gasteiger partial charge in [0.1, 0.15) is 17.8 Å². The molecule has 7 nitrogen and oxygen atoms in total. The number of aryl methyl sites for hydroxylation is 1. The number of fused-ring (bicyclic) bond motifs is 1. The first-order chi connectivity index (χ1) is 11.1. The molecule has 0 aliphatic carbocycles. The number of nitrogens with one attached hydrogen (secondary N) is 1. The molecule has 0 amide bonds. The Morgan fingerprint density at radius 2 is 2.09 bits per heavy atom. The maximum Gasteiger partial charge on any atom is 0.287 e. The normalized spacial score (nSPS) is 12.3. The van der Waals surface area contributed by atoms with E-state index in [4.69, 9.17) is 0 Å². The van der Waals surface area contributed by atoms with E-state index in [2.05, 4.69) is 26.8 Å². The van der Waals surface area contributed by atoms with Gasteiger partial charge in [-0.3, -0.25) is 10.1 Å². The number of imidazole rings is 1. The molecule has 2 aromatic heterocycles. The molecule has 0 aliphatic heterocycles. The molecule has 1 unspecified atom stereocenters. The molecule has 0 radical (unpaired) electrons. The van der Waals surface area contributed by atoms with Gasteiger partial charge in [0.25, 0.3) is 5.69 Å². The van der Waals surface area contributed by atoms with Crippen LogP contribution in [0.3, 0.4) is 0 Å². The molecule has 2 heterocycles. The van der Waals surface area contributed by atoms with E-state index in [1.165, 1.54) is 12.3 Å². The van der Waals surface area contributed by atoms with Crippen LogP contribution in [0.4, 0.5) is 11.5 Å². The third kappa shape index (κ3) is 2.85. The van der Waals surface area contributed by atoms with E-state index in [1.54, 1.807) is 6.07 Å². The Balaban J connectivity index is 1.88. The van der Waals surface area contributed by atoms with E-state index in [0.717, 1.165) is 23.4 Å². The van der Waals surface area contributed by atoms with Gasteiger partial charge < -0.3 is 9.88 Å². The number of nitro groups is 1. The third-order valence-corrected chi connectivity index (χ3v) is 3.71. The zero-order valence-corrected chi connectivity index (χ0v) is 12.9. The van der Waals surface area contributed by atoms with E-state index in [9.17, 15) is 10.1 Å². The van der Waals surface area contributed by atoms with E-state index in [0.29, 0.717) is 5.82 Å². The maximum absolute atomic E-state index is 10.7. The van der Waals surface area contributed by atoms with Crippen LogP contribution in [0.15, 0.2) is 42.6 Å². The SMILES string of the molecule is CCn1c(C(C)Nc2ccc([N+](=O)[O-])cn2)nc2ccccc21. The lowest BCUT2D eigenvalue weighted by Crippen LogP contribution is -2.14. The van der Waals surface area contributed by atoms with E-state index in [-0.39, 0.29) is 11.7 Å². The molecular formula is C16H17N5O2. The second kappa shape index (κ2) is 6.04. The summed E-state index contributed by atoms with van der Waals surface area (Å²) < 4.78 is 2.15. The average Bonchev–Trinajstić information content (AvgIpc) is 2.94. The van der Waals surface area contributed by atoms with Crippen LogP contribution in [0, 0.1) is 10.1 Å². The summed E-state index contributed by atoms with van der Waals surface area (Å²) in [5.74, 6) is 1.49. The summed E-state index contributed by atoms with van der Waals surface area (Å²) >= 11 is 0. The Hall–Kier alpha value is -2.96. The fourth-order valence-corrected chi connectivity index (χ4v) is 2.62. The summed E-state index contributed by atoms with van der Waals surface area (Å²) in [6, 6.07) is 11.0. The largest absolute Gasteiger partial charge is 0.360 e. The molecule has 0 spiro atoms. The Morgan fingerprint density at radius 3 is 2.74 bits per heavy atom. The zero-order chi connectivity index (χ0) is 16.4. The Kier molecular flexibility index (Phi) is 3.92. The first-order valence-electron chi connectivity index (χ1n) is 7.42. The second-order valence-corrected chi connectivity index (χ2v) is 5.23. The number of anilines is 1. The van der Waals surface area contributed by atoms with Crippen LogP contribution in [0.25, 0.3) is 11.0 Å².